The summed E-state index contributed by atoms with van der Waals surface area (Å²) in [5.74, 6) is -0.274. The van der Waals surface area contributed by atoms with Crippen LogP contribution in [0.5, 0.6) is 0 Å². The number of carbonyl (C=O) groups is 1. The van der Waals surface area contributed by atoms with E-state index in [0.717, 1.165) is 11.3 Å². The maximum absolute atomic E-state index is 12.3. The van der Waals surface area contributed by atoms with Crippen LogP contribution < -0.4 is 0 Å². The Kier molecular flexibility index (Phi) is 4.12. The van der Waals surface area contributed by atoms with Gasteiger partial charge in [-0.1, -0.05) is 42.5 Å². The van der Waals surface area contributed by atoms with E-state index in [4.69, 9.17) is 0 Å². The molecule has 0 atom stereocenters. The zero-order valence-electron chi connectivity index (χ0n) is 12.3. The van der Waals surface area contributed by atoms with Crippen molar-refractivity contribution in [1.29, 1.82) is 5.26 Å². The molecule has 0 saturated carbocycles. The number of aromatic nitrogens is 2. The SMILES string of the molecule is N#CC(=Cc1ccc(-n2cccn2)cc1)C(=O)c1ccccc1. The average Bonchev–Trinajstić information content (AvgIpc) is 3.15. The van der Waals surface area contributed by atoms with E-state index >= 15 is 0 Å². The van der Waals surface area contributed by atoms with Gasteiger partial charge in [0.2, 0.25) is 5.78 Å². The van der Waals surface area contributed by atoms with E-state index in [9.17, 15) is 10.1 Å². The smallest absolute Gasteiger partial charge is 0.203 e. The summed E-state index contributed by atoms with van der Waals surface area (Å²) in [5.41, 5.74) is 2.33. The summed E-state index contributed by atoms with van der Waals surface area (Å²) >= 11 is 0. The molecule has 4 heteroatoms. The van der Waals surface area contributed by atoms with Crippen LogP contribution in [-0.2, 0) is 0 Å². The first-order valence-electron chi connectivity index (χ1n) is 7.09. The third-order valence-electron chi connectivity index (χ3n) is 3.37. The van der Waals surface area contributed by atoms with Gasteiger partial charge in [0.25, 0.3) is 0 Å². The minimum Gasteiger partial charge on any atom is -0.288 e. The molecule has 4 nitrogen and oxygen atoms in total. The van der Waals surface area contributed by atoms with Crippen molar-refractivity contribution in [3.8, 4) is 11.8 Å². The van der Waals surface area contributed by atoms with Gasteiger partial charge in [0.15, 0.2) is 0 Å². The molecule has 3 aromatic rings. The van der Waals surface area contributed by atoms with Crippen molar-refractivity contribution in [2.24, 2.45) is 0 Å². The van der Waals surface area contributed by atoms with E-state index in [1.165, 1.54) is 0 Å². The summed E-state index contributed by atoms with van der Waals surface area (Å²) < 4.78 is 1.74. The summed E-state index contributed by atoms with van der Waals surface area (Å²) in [4.78, 5) is 12.3. The molecule has 0 saturated heterocycles. The molecule has 0 radical (unpaired) electrons. The van der Waals surface area contributed by atoms with Crippen molar-refractivity contribution in [2.45, 2.75) is 0 Å². The summed E-state index contributed by atoms with van der Waals surface area (Å²) in [6.45, 7) is 0. The van der Waals surface area contributed by atoms with Gasteiger partial charge in [-0.3, -0.25) is 4.79 Å². The van der Waals surface area contributed by atoms with E-state index in [0.29, 0.717) is 5.56 Å². The number of rotatable bonds is 4. The lowest BCUT2D eigenvalue weighted by Gasteiger charge is -2.02. The van der Waals surface area contributed by atoms with Gasteiger partial charge in [-0.25, -0.2) is 4.68 Å². The summed E-state index contributed by atoms with van der Waals surface area (Å²) in [6, 6.07) is 20.1. The minimum absolute atomic E-state index is 0.114. The van der Waals surface area contributed by atoms with Crippen molar-refractivity contribution >= 4 is 11.9 Å². The van der Waals surface area contributed by atoms with Crippen molar-refractivity contribution < 1.29 is 4.79 Å². The normalized spacial score (nSPS) is 11.0. The lowest BCUT2D eigenvalue weighted by atomic mass is 10.0. The molecule has 0 aliphatic carbocycles. The summed E-state index contributed by atoms with van der Waals surface area (Å²) in [7, 11) is 0. The number of allylic oxidation sites excluding steroid dienone is 1. The molecule has 1 aromatic heterocycles. The topological polar surface area (TPSA) is 58.7 Å². The highest BCUT2D eigenvalue weighted by Gasteiger charge is 2.11. The third-order valence-corrected chi connectivity index (χ3v) is 3.37. The highest BCUT2D eigenvalue weighted by molar-refractivity contribution is 6.14. The van der Waals surface area contributed by atoms with Crippen LogP contribution in [-0.4, -0.2) is 15.6 Å². The van der Waals surface area contributed by atoms with E-state index < -0.39 is 0 Å². The molecule has 3 rings (SSSR count). The Bertz CT molecular complexity index is 871. The summed E-state index contributed by atoms with van der Waals surface area (Å²) in [6.07, 6.45) is 5.16. The molecule has 0 N–H and O–H groups in total. The number of ketones is 1. The number of nitrogens with zero attached hydrogens (tertiary/aromatic N) is 3. The monoisotopic (exact) mass is 299 g/mol. The van der Waals surface area contributed by atoms with Gasteiger partial charge in [-0.05, 0) is 29.8 Å². The number of carbonyl (C=O) groups excluding carboxylic acids is 1. The number of nitriles is 1. The molecule has 0 spiro atoms. The molecule has 23 heavy (non-hydrogen) atoms. The zero-order valence-corrected chi connectivity index (χ0v) is 12.3. The highest BCUT2D eigenvalue weighted by Crippen LogP contribution is 2.14. The largest absolute Gasteiger partial charge is 0.288 e. The number of Topliss-reactive ketones (excluding diaryl/α,β-unsaturated/α-hetero) is 1. The fraction of sp³-hybridized carbons (Fsp3) is 0. The standard InChI is InChI=1S/C19H13N3O/c20-14-17(19(23)16-5-2-1-3-6-16)13-15-7-9-18(10-8-15)22-12-4-11-21-22/h1-13H. The van der Waals surface area contributed by atoms with Crippen molar-refractivity contribution in [3.63, 3.8) is 0 Å². The Morgan fingerprint density at radius 2 is 1.78 bits per heavy atom. The van der Waals surface area contributed by atoms with E-state index in [2.05, 4.69) is 5.10 Å². The Morgan fingerprint density at radius 3 is 2.39 bits per heavy atom. The second-order valence-corrected chi connectivity index (χ2v) is 4.91. The molecule has 0 bridgehead atoms. The van der Waals surface area contributed by atoms with Gasteiger partial charge in [-0.2, -0.15) is 10.4 Å². The fourth-order valence-electron chi connectivity index (χ4n) is 2.21. The predicted molar refractivity (Wildman–Crippen MR) is 87.9 cm³/mol. The van der Waals surface area contributed by atoms with Crippen LogP contribution in [0.2, 0.25) is 0 Å². The first-order chi connectivity index (χ1) is 11.3. The van der Waals surface area contributed by atoms with Crippen molar-refractivity contribution in [3.05, 3.63) is 89.8 Å². The molecule has 0 fully saturated rings. The molecule has 0 amide bonds. The number of hydrogen-bond donors (Lipinski definition) is 0. The van der Waals surface area contributed by atoms with Crippen LogP contribution in [0, 0.1) is 11.3 Å². The Hall–Kier alpha value is -3.45. The molecule has 0 aliphatic heterocycles. The Morgan fingerprint density at radius 1 is 1.04 bits per heavy atom. The number of benzene rings is 2. The molecular formula is C19H13N3O. The first kappa shape index (κ1) is 14.5. The van der Waals surface area contributed by atoms with Gasteiger partial charge in [0.1, 0.15) is 11.6 Å². The van der Waals surface area contributed by atoms with Crippen LogP contribution in [0.25, 0.3) is 11.8 Å². The van der Waals surface area contributed by atoms with Crippen molar-refractivity contribution in [1.82, 2.24) is 9.78 Å². The highest BCUT2D eigenvalue weighted by atomic mass is 16.1. The zero-order chi connectivity index (χ0) is 16.1. The lowest BCUT2D eigenvalue weighted by molar-refractivity contribution is 0.104. The fourth-order valence-corrected chi connectivity index (χ4v) is 2.21. The second-order valence-electron chi connectivity index (χ2n) is 4.91. The minimum atomic E-state index is -0.274. The Labute approximate surface area is 133 Å². The van der Waals surface area contributed by atoms with Gasteiger partial charge < -0.3 is 0 Å². The second kappa shape index (κ2) is 6.54. The first-order valence-corrected chi connectivity index (χ1v) is 7.09. The Balaban J connectivity index is 1.87. The van der Waals surface area contributed by atoms with Crippen LogP contribution in [0.1, 0.15) is 15.9 Å². The van der Waals surface area contributed by atoms with Crippen LogP contribution >= 0.6 is 0 Å². The molecule has 2 aromatic carbocycles. The van der Waals surface area contributed by atoms with Crippen LogP contribution in [0.3, 0.4) is 0 Å². The van der Waals surface area contributed by atoms with Gasteiger partial charge in [-0.15, -0.1) is 0 Å². The molecular weight excluding hydrogens is 286 g/mol. The lowest BCUT2D eigenvalue weighted by Crippen LogP contribution is -2.01. The van der Waals surface area contributed by atoms with E-state index in [-0.39, 0.29) is 11.4 Å². The van der Waals surface area contributed by atoms with Gasteiger partial charge in [0.05, 0.1) is 5.69 Å². The quantitative estimate of drug-likeness (QED) is 0.419. The third kappa shape index (κ3) is 3.25. The van der Waals surface area contributed by atoms with Crippen molar-refractivity contribution in [2.75, 3.05) is 0 Å². The van der Waals surface area contributed by atoms with Crippen LogP contribution in [0.4, 0.5) is 0 Å². The van der Waals surface area contributed by atoms with Crippen LogP contribution in [0.15, 0.2) is 78.6 Å². The molecule has 110 valence electrons. The summed E-state index contributed by atoms with van der Waals surface area (Å²) in [5, 5.41) is 13.4. The van der Waals surface area contributed by atoms with Gasteiger partial charge >= 0.3 is 0 Å². The maximum Gasteiger partial charge on any atom is 0.203 e. The molecule has 0 unspecified atom stereocenters. The number of hydrogen-bond acceptors (Lipinski definition) is 3. The van der Waals surface area contributed by atoms with E-state index in [1.807, 2.05) is 48.7 Å². The molecule has 0 aliphatic rings. The maximum atomic E-state index is 12.3. The molecule has 1 heterocycles. The van der Waals surface area contributed by atoms with Gasteiger partial charge in [0, 0.05) is 18.0 Å². The average molecular weight is 299 g/mol. The predicted octanol–water partition coefficient (Wildman–Crippen LogP) is 3.66. The van der Waals surface area contributed by atoms with E-state index in [1.54, 1.807) is 41.2 Å².